The minimum absolute atomic E-state index is 0.00504. The van der Waals surface area contributed by atoms with Crippen LogP contribution in [0, 0.1) is 5.82 Å². The topological polar surface area (TPSA) is 72.9 Å². The fourth-order valence-electron chi connectivity index (χ4n) is 3.33. The van der Waals surface area contributed by atoms with Crippen molar-refractivity contribution in [3.8, 4) is 16.9 Å². The van der Waals surface area contributed by atoms with Gasteiger partial charge in [-0.25, -0.2) is 17.6 Å². The maximum absolute atomic E-state index is 14.1. The number of halogens is 1. The zero-order valence-corrected chi connectivity index (χ0v) is 18.1. The third-order valence-corrected chi connectivity index (χ3v) is 5.99. The standard InChI is InChI=1S/C22H26FNO5S/c1-15(2)28-22(25)24-12-10-19(11-13-24)29-18-7-4-16(5-8-18)17-6-9-21(20(23)14-17)30(3,26)27/h4-9,14-15,19H,10-13H2,1-3H3. The second kappa shape index (κ2) is 9.04. The predicted molar refractivity (Wildman–Crippen MR) is 112 cm³/mol. The Morgan fingerprint density at radius 2 is 1.67 bits per heavy atom. The first kappa shape index (κ1) is 22.1. The Labute approximate surface area is 176 Å². The zero-order chi connectivity index (χ0) is 21.9. The Hall–Kier alpha value is -2.61. The minimum atomic E-state index is -3.60. The van der Waals surface area contributed by atoms with Gasteiger partial charge >= 0.3 is 6.09 Å². The van der Waals surface area contributed by atoms with Crippen LogP contribution in [-0.2, 0) is 14.6 Å². The fraction of sp³-hybridized carbons (Fsp3) is 0.409. The molecule has 1 aliphatic rings. The molecule has 0 radical (unpaired) electrons. The molecule has 0 aliphatic carbocycles. The number of rotatable bonds is 5. The summed E-state index contributed by atoms with van der Waals surface area (Å²) in [4.78, 5) is 13.3. The van der Waals surface area contributed by atoms with Crippen molar-refractivity contribution in [2.24, 2.45) is 0 Å². The summed E-state index contributed by atoms with van der Waals surface area (Å²) in [5, 5.41) is 0. The number of sulfone groups is 1. The third kappa shape index (κ3) is 5.50. The van der Waals surface area contributed by atoms with Crippen molar-refractivity contribution in [2.75, 3.05) is 19.3 Å². The summed E-state index contributed by atoms with van der Waals surface area (Å²) in [6.45, 7) is 4.82. The number of benzene rings is 2. The minimum Gasteiger partial charge on any atom is -0.490 e. The molecule has 1 saturated heterocycles. The molecule has 0 unspecified atom stereocenters. The highest BCUT2D eigenvalue weighted by molar-refractivity contribution is 7.90. The average molecular weight is 436 g/mol. The van der Waals surface area contributed by atoms with Gasteiger partial charge in [-0.05, 0) is 49.2 Å². The van der Waals surface area contributed by atoms with Crippen molar-refractivity contribution >= 4 is 15.9 Å². The van der Waals surface area contributed by atoms with E-state index in [4.69, 9.17) is 9.47 Å². The second-order valence-corrected chi connectivity index (χ2v) is 9.66. The van der Waals surface area contributed by atoms with Crippen molar-refractivity contribution in [3.63, 3.8) is 0 Å². The van der Waals surface area contributed by atoms with Gasteiger partial charge in [-0.15, -0.1) is 0 Å². The molecule has 3 rings (SSSR count). The first-order chi connectivity index (χ1) is 14.1. The fourth-order valence-corrected chi connectivity index (χ4v) is 4.06. The van der Waals surface area contributed by atoms with Gasteiger partial charge < -0.3 is 14.4 Å². The maximum atomic E-state index is 14.1. The van der Waals surface area contributed by atoms with Crippen LogP contribution in [0.1, 0.15) is 26.7 Å². The molecule has 2 aromatic rings. The van der Waals surface area contributed by atoms with E-state index in [2.05, 4.69) is 0 Å². The molecule has 0 spiro atoms. The van der Waals surface area contributed by atoms with Gasteiger partial charge in [0, 0.05) is 32.2 Å². The molecule has 2 aromatic carbocycles. The van der Waals surface area contributed by atoms with Crippen LogP contribution in [-0.4, -0.2) is 51.0 Å². The molecule has 0 N–H and O–H groups in total. The lowest BCUT2D eigenvalue weighted by Gasteiger charge is -2.32. The van der Waals surface area contributed by atoms with Crippen LogP contribution < -0.4 is 4.74 Å². The van der Waals surface area contributed by atoms with Crippen molar-refractivity contribution in [2.45, 2.75) is 43.8 Å². The van der Waals surface area contributed by atoms with Gasteiger partial charge in [0.1, 0.15) is 22.6 Å². The number of likely N-dealkylation sites (tertiary alicyclic amines) is 1. The number of ether oxygens (including phenoxy) is 2. The molecule has 0 saturated carbocycles. The molecule has 8 heteroatoms. The predicted octanol–water partition coefficient (Wildman–Crippen LogP) is 4.28. The quantitative estimate of drug-likeness (QED) is 0.701. The van der Waals surface area contributed by atoms with E-state index in [-0.39, 0.29) is 23.2 Å². The van der Waals surface area contributed by atoms with Gasteiger partial charge in [0.05, 0.1) is 6.10 Å². The highest BCUT2D eigenvalue weighted by Gasteiger charge is 2.25. The van der Waals surface area contributed by atoms with Crippen LogP contribution in [0.15, 0.2) is 47.4 Å². The zero-order valence-electron chi connectivity index (χ0n) is 17.3. The van der Waals surface area contributed by atoms with Gasteiger partial charge in [0.15, 0.2) is 9.84 Å². The van der Waals surface area contributed by atoms with Crippen LogP contribution >= 0.6 is 0 Å². The molecule has 0 aromatic heterocycles. The smallest absolute Gasteiger partial charge is 0.410 e. The molecule has 1 amide bonds. The summed E-state index contributed by atoms with van der Waals surface area (Å²) in [7, 11) is -3.60. The van der Waals surface area contributed by atoms with Gasteiger partial charge in [-0.3, -0.25) is 0 Å². The Morgan fingerprint density at radius 1 is 1.07 bits per heavy atom. The Morgan fingerprint density at radius 3 is 2.20 bits per heavy atom. The average Bonchev–Trinajstić information content (AvgIpc) is 2.67. The molecular formula is C22H26FNO5S. The molecule has 30 heavy (non-hydrogen) atoms. The molecule has 1 aliphatic heterocycles. The summed E-state index contributed by atoms with van der Waals surface area (Å²) in [5.41, 5.74) is 1.34. The van der Waals surface area contributed by atoms with E-state index >= 15 is 0 Å². The molecular weight excluding hydrogens is 409 g/mol. The summed E-state index contributed by atoms with van der Waals surface area (Å²) in [5.74, 6) is -0.0757. The summed E-state index contributed by atoms with van der Waals surface area (Å²) in [6, 6.07) is 11.3. The summed E-state index contributed by atoms with van der Waals surface area (Å²) < 4.78 is 48.5. The lowest BCUT2D eigenvalue weighted by Crippen LogP contribution is -2.42. The molecule has 1 fully saturated rings. The van der Waals surface area contributed by atoms with Crippen molar-refractivity contribution in [1.82, 2.24) is 4.90 Å². The number of hydrogen-bond donors (Lipinski definition) is 0. The van der Waals surface area contributed by atoms with E-state index in [1.165, 1.54) is 12.1 Å². The maximum Gasteiger partial charge on any atom is 0.410 e. The van der Waals surface area contributed by atoms with Gasteiger partial charge in [0.25, 0.3) is 0 Å². The van der Waals surface area contributed by atoms with Gasteiger partial charge in [0.2, 0.25) is 0 Å². The number of hydrogen-bond acceptors (Lipinski definition) is 5. The lowest BCUT2D eigenvalue weighted by molar-refractivity contribution is 0.0517. The van der Waals surface area contributed by atoms with E-state index in [0.717, 1.165) is 11.8 Å². The molecule has 0 atom stereocenters. The number of piperidine rings is 1. The van der Waals surface area contributed by atoms with Crippen molar-refractivity contribution in [1.29, 1.82) is 0 Å². The first-order valence-corrected chi connectivity index (χ1v) is 11.7. The van der Waals surface area contributed by atoms with Crippen molar-refractivity contribution in [3.05, 3.63) is 48.3 Å². The molecule has 6 nitrogen and oxygen atoms in total. The van der Waals surface area contributed by atoms with Crippen LogP contribution in [0.4, 0.5) is 9.18 Å². The second-order valence-electron chi connectivity index (χ2n) is 7.68. The van der Waals surface area contributed by atoms with Crippen LogP contribution in [0.2, 0.25) is 0 Å². The van der Waals surface area contributed by atoms with E-state index in [1.807, 2.05) is 13.8 Å². The molecule has 0 bridgehead atoms. The Kier molecular flexibility index (Phi) is 6.65. The van der Waals surface area contributed by atoms with Crippen LogP contribution in [0.25, 0.3) is 11.1 Å². The number of nitrogens with zero attached hydrogens (tertiary/aromatic N) is 1. The Balaban J connectivity index is 1.59. The normalized spacial score (nSPS) is 15.3. The van der Waals surface area contributed by atoms with Crippen LogP contribution in [0.3, 0.4) is 0 Å². The van der Waals surface area contributed by atoms with E-state index in [1.54, 1.807) is 35.2 Å². The lowest BCUT2D eigenvalue weighted by atomic mass is 10.1. The van der Waals surface area contributed by atoms with Gasteiger partial charge in [-0.1, -0.05) is 18.2 Å². The number of carbonyl (C=O) groups is 1. The van der Waals surface area contributed by atoms with Crippen LogP contribution in [0.5, 0.6) is 5.75 Å². The first-order valence-electron chi connectivity index (χ1n) is 9.86. The van der Waals surface area contributed by atoms with E-state index < -0.39 is 15.7 Å². The number of amides is 1. The van der Waals surface area contributed by atoms with E-state index in [0.29, 0.717) is 37.2 Å². The third-order valence-electron chi connectivity index (χ3n) is 4.86. The largest absolute Gasteiger partial charge is 0.490 e. The van der Waals surface area contributed by atoms with E-state index in [9.17, 15) is 17.6 Å². The molecule has 162 valence electrons. The van der Waals surface area contributed by atoms with Crippen molar-refractivity contribution < 1.29 is 27.1 Å². The summed E-state index contributed by atoms with van der Waals surface area (Å²) in [6.07, 6.45) is 1.99. The monoisotopic (exact) mass is 435 g/mol. The SMILES string of the molecule is CC(C)OC(=O)N1CCC(Oc2ccc(-c3ccc(S(C)(=O)=O)c(F)c3)cc2)CC1. The highest BCUT2D eigenvalue weighted by atomic mass is 32.2. The summed E-state index contributed by atoms with van der Waals surface area (Å²) >= 11 is 0. The molecule has 1 heterocycles. The Bertz CT molecular complexity index is 997. The highest BCUT2D eigenvalue weighted by Crippen LogP contribution is 2.27. The van der Waals surface area contributed by atoms with Gasteiger partial charge in [-0.2, -0.15) is 0 Å². The number of carbonyl (C=O) groups excluding carboxylic acids is 1.